The van der Waals surface area contributed by atoms with Gasteiger partial charge in [0.1, 0.15) is 12.3 Å². The molecule has 0 saturated heterocycles. The number of hydrogen-bond acceptors (Lipinski definition) is 6. The largest absolute Gasteiger partial charge is 0.505 e. The molecular weight excluding hydrogens is 346 g/mol. The van der Waals surface area contributed by atoms with Crippen molar-refractivity contribution >= 4 is 22.6 Å². The third-order valence-electron chi connectivity index (χ3n) is 4.17. The number of carbonyl (C=O) groups is 2. The Bertz CT molecular complexity index is 1020. The lowest BCUT2D eigenvalue weighted by Gasteiger charge is -2.12. The fourth-order valence-corrected chi connectivity index (χ4v) is 2.75. The molecule has 7 heteroatoms. The first-order valence-corrected chi connectivity index (χ1v) is 8.47. The van der Waals surface area contributed by atoms with Crippen molar-refractivity contribution in [2.75, 3.05) is 13.2 Å². The van der Waals surface area contributed by atoms with Crippen molar-refractivity contribution in [1.29, 1.82) is 0 Å². The van der Waals surface area contributed by atoms with E-state index in [1.165, 1.54) is 6.20 Å². The molecular formula is C20H19N3O4. The van der Waals surface area contributed by atoms with Crippen LogP contribution in [0.5, 0.6) is 5.75 Å². The van der Waals surface area contributed by atoms with Crippen molar-refractivity contribution in [1.82, 2.24) is 15.3 Å². The number of amides is 1. The first-order chi connectivity index (χ1) is 13.0. The quantitative estimate of drug-likeness (QED) is 0.674. The minimum atomic E-state index is -0.639. The van der Waals surface area contributed by atoms with Gasteiger partial charge in [0.05, 0.1) is 6.61 Å². The van der Waals surface area contributed by atoms with E-state index in [0.717, 1.165) is 16.3 Å². The van der Waals surface area contributed by atoms with Gasteiger partial charge in [0.2, 0.25) is 0 Å². The molecule has 0 aliphatic rings. The van der Waals surface area contributed by atoms with Gasteiger partial charge in [-0.25, -0.2) is 4.98 Å². The number of hydrogen-bond donors (Lipinski definition) is 2. The Balaban J connectivity index is 1.88. The molecule has 27 heavy (non-hydrogen) atoms. The van der Waals surface area contributed by atoms with E-state index in [9.17, 15) is 14.7 Å². The average Bonchev–Trinajstić information content (AvgIpc) is 2.68. The van der Waals surface area contributed by atoms with Gasteiger partial charge in [0.25, 0.3) is 5.91 Å². The maximum Gasteiger partial charge on any atom is 0.325 e. The number of aromatic nitrogens is 2. The summed E-state index contributed by atoms with van der Waals surface area (Å²) in [7, 11) is 0. The minimum absolute atomic E-state index is 0.134. The lowest BCUT2D eigenvalue weighted by atomic mass is 9.99. The smallest absolute Gasteiger partial charge is 0.325 e. The Morgan fingerprint density at radius 3 is 2.78 bits per heavy atom. The maximum absolute atomic E-state index is 12.2. The molecule has 2 aromatic heterocycles. The first-order valence-electron chi connectivity index (χ1n) is 8.47. The number of nitrogens with zero attached hydrogens (tertiary/aromatic N) is 2. The summed E-state index contributed by atoms with van der Waals surface area (Å²) in [5, 5.41) is 14.9. The van der Waals surface area contributed by atoms with Gasteiger partial charge in [0.15, 0.2) is 5.69 Å². The molecule has 3 rings (SSSR count). The normalized spacial score (nSPS) is 10.6. The minimum Gasteiger partial charge on any atom is -0.505 e. The molecule has 2 heterocycles. The summed E-state index contributed by atoms with van der Waals surface area (Å²) in [6.07, 6.45) is 5.03. The highest BCUT2D eigenvalue weighted by Gasteiger charge is 2.19. The van der Waals surface area contributed by atoms with E-state index in [1.807, 2.05) is 24.3 Å². The second kappa shape index (κ2) is 7.82. The number of rotatable bonds is 5. The van der Waals surface area contributed by atoms with Gasteiger partial charge < -0.3 is 15.2 Å². The number of carbonyl (C=O) groups excluding carboxylic acids is 2. The number of ether oxygens (including phenoxy) is 1. The summed E-state index contributed by atoms with van der Waals surface area (Å²) in [6.45, 7) is 3.34. The molecule has 1 aromatic carbocycles. The van der Waals surface area contributed by atoms with Crippen LogP contribution in [0.4, 0.5) is 0 Å². The van der Waals surface area contributed by atoms with Crippen molar-refractivity contribution in [3.05, 3.63) is 54.1 Å². The molecule has 0 atom stereocenters. The molecule has 2 N–H and O–H groups in total. The maximum atomic E-state index is 12.2. The van der Waals surface area contributed by atoms with Crippen molar-refractivity contribution in [2.45, 2.75) is 13.8 Å². The highest BCUT2D eigenvalue weighted by Crippen LogP contribution is 2.32. The van der Waals surface area contributed by atoms with Gasteiger partial charge in [-0.15, -0.1) is 0 Å². The van der Waals surface area contributed by atoms with Crippen LogP contribution in [0.3, 0.4) is 0 Å². The van der Waals surface area contributed by atoms with E-state index in [0.29, 0.717) is 11.1 Å². The van der Waals surface area contributed by atoms with Crippen LogP contribution in [0.1, 0.15) is 23.0 Å². The Hall–Kier alpha value is -3.48. The van der Waals surface area contributed by atoms with Crippen LogP contribution in [0, 0.1) is 6.92 Å². The van der Waals surface area contributed by atoms with Gasteiger partial charge in [-0.05, 0) is 36.9 Å². The van der Waals surface area contributed by atoms with Gasteiger partial charge >= 0.3 is 5.97 Å². The zero-order valence-corrected chi connectivity index (χ0v) is 15.0. The molecule has 0 radical (unpaired) electrons. The molecule has 138 valence electrons. The van der Waals surface area contributed by atoms with Crippen molar-refractivity contribution < 1.29 is 19.4 Å². The van der Waals surface area contributed by atoms with Gasteiger partial charge in [-0.2, -0.15) is 0 Å². The van der Waals surface area contributed by atoms with Crippen LogP contribution in [-0.4, -0.2) is 40.1 Å². The van der Waals surface area contributed by atoms with Gasteiger partial charge in [-0.1, -0.05) is 12.1 Å². The zero-order valence-electron chi connectivity index (χ0n) is 15.0. The van der Waals surface area contributed by atoms with Crippen molar-refractivity contribution in [2.24, 2.45) is 0 Å². The van der Waals surface area contributed by atoms with Crippen LogP contribution < -0.4 is 5.32 Å². The standard InChI is InChI=1S/C20H19N3O4/c1-3-27-17(24)11-23-20(26)18-19(25)12(2)16(10-22-18)14-4-5-15-9-21-7-6-13(15)8-14/h4-10,25H,3,11H2,1-2H3,(H,23,26). The second-order valence-electron chi connectivity index (χ2n) is 5.92. The Kier molecular flexibility index (Phi) is 5.30. The molecule has 7 nitrogen and oxygen atoms in total. The first kappa shape index (κ1) is 18.3. The van der Waals surface area contributed by atoms with E-state index in [4.69, 9.17) is 4.74 Å². The number of benzene rings is 1. The zero-order chi connectivity index (χ0) is 19.4. The Morgan fingerprint density at radius 2 is 2.00 bits per heavy atom. The monoisotopic (exact) mass is 365 g/mol. The van der Waals surface area contributed by atoms with E-state index in [-0.39, 0.29) is 24.6 Å². The molecule has 0 spiro atoms. The fourth-order valence-electron chi connectivity index (χ4n) is 2.75. The molecule has 0 fully saturated rings. The van der Waals surface area contributed by atoms with Crippen LogP contribution in [0.2, 0.25) is 0 Å². The molecule has 0 aliphatic heterocycles. The van der Waals surface area contributed by atoms with Crippen LogP contribution in [0.15, 0.2) is 42.9 Å². The van der Waals surface area contributed by atoms with E-state index in [1.54, 1.807) is 26.2 Å². The van der Waals surface area contributed by atoms with Crippen LogP contribution in [0.25, 0.3) is 21.9 Å². The molecule has 0 saturated carbocycles. The summed E-state index contributed by atoms with van der Waals surface area (Å²) in [5.74, 6) is -1.41. The molecule has 3 aromatic rings. The van der Waals surface area contributed by atoms with E-state index < -0.39 is 11.9 Å². The average molecular weight is 365 g/mol. The third kappa shape index (κ3) is 3.87. The topological polar surface area (TPSA) is 101 Å². The number of esters is 1. The summed E-state index contributed by atoms with van der Waals surface area (Å²) in [6, 6.07) is 7.72. The second-order valence-corrected chi connectivity index (χ2v) is 5.92. The highest BCUT2D eigenvalue weighted by atomic mass is 16.5. The fraction of sp³-hybridized carbons (Fsp3) is 0.200. The number of aromatic hydroxyl groups is 1. The summed E-state index contributed by atoms with van der Waals surface area (Å²) < 4.78 is 4.75. The van der Waals surface area contributed by atoms with Gasteiger partial charge in [0, 0.05) is 35.1 Å². The summed E-state index contributed by atoms with van der Waals surface area (Å²) in [5.41, 5.74) is 1.98. The number of fused-ring (bicyclic) bond motifs is 1. The SMILES string of the molecule is CCOC(=O)CNC(=O)c1ncc(-c2ccc3cnccc3c2)c(C)c1O. The predicted molar refractivity (Wildman–Crippen MR) is 100 cm³/mol. The summed E-state index contributed by atoms with van der Waals surface area (Å²) >= 11 is 0. The highest BCUT2D eigenvalue weighted by molar-refractivity contribution is 5.97. The molecule has 0 bridgehead atoms. The third-order valence-corrected chi connectivity index (χ3v) is 4.17. The lowest BCUT2D eigenvalue weighted by molar-refractivity contribution is -0.141. The van der Waals surface area contributed by atoms with Crippen LogP contribution in [-0.2, 0) is 9.53 Å². The van der Waals surface area contributed by atoms with Gasteiger partial charge in [-0.3, -0.25) is 14.6 Å². The Labute approximate surface area is 156 Å². The molecule has 0 aliphatic carbocycles. The van der Waals surface area contributed by atoms with Crippen LogP contribution >= 0.6 is 0 Å². The lowest BCUT2D eigenvalue weighted by Crippen LogP contribution is -2.31. The van der Waals surface area contributed by atoms with Crippen molar-refractivity contribution in [3.63, 3.8) is 0 Å². The number of nitrogens with one attached hydrogen (secondary N) is 1. The number of pyridine rings is 2. The molecule has 0 unspecified atom stereocenters. The van der Waals surface area contributed by atoms with Crippen molar-refractivity contribution in [3.8, 4) is 16.9 Å². The predicted octanol–water partition coefficient (Wildman–Crippen LogP) is 2.60. The van der Waals surface area contributed by atoms with E-state index >= 15 is 0 Å². The summed E-state index contributed by atoms with van der Waals surface area (Å²) in [4.78, 5) is 31.7. The Morgan fingerprint density at radius 1 is 1.19 bits per heavy atom. The molecule has 1 amide bonds. The van der Waals surface area contributed by atoms with E-state index in [2.05, 4.69) is 15.3 Å².